The highest BCUT2D eigenvalue weighted by Crippen LogP contribution is 2.23. The van der Waals surface area contributed by atoms with Gasteiger partial charge >= 0.3 is 0 Å². The van der Waals surface area contributed by atoms with Gasteiger partial charge < -0.3 is 25.8 Å². The van der Waals surface area contributed by atoms with Crippen molar-refractivity contribution in [1.29, 1.82) is 0 Å². The van der Waals surface area contributed by atoms with Gasteiger partial charge in [0.15, 0.2) is 0 Å². The average molecular weight is 434 g/mol. The molecule has 1 unspecified atom stereocenters. The van der Waals surface area contributed by atoms with Gasteiger partial charge in [0, 0.05) is 37.9 Å². The topological polar surface area (TPSA) is 89.3 Å². The maximum Gasteiger partial charge on any atom is 0.271 e. The molecule has 7 nitrogen and oxygen atoms in total. The Bertz CT molecular complexity index is 1090. The summed E-state index contributed by atoms with van der Waals surface area (Å²) in [6.45, 7) is 10.2. The van der Waals surface area contributed by atoms with Crippen molar-refractivity contribution >= 4 is 11.6 Å². The van der Waals surface area contributed by atoms with Crippen molar-refractivity contribution in [3.05, 3.63) is 87.6 Å². The molecule has 1 saturated heterocycles. The van der Waals surface area contributed by atoms with Crippen molar-refractivity contribution in [2.45, 2.75) is 32.2 Å². The summed E-state index contributed by atoms with van der Waals surface area (Å²) in [4.78, 5) is 30.2. The minimum Gasteiger partial charge on any atom is -0.361 e. The summed E-state index contributed by atoms with van der Waals surface area (Å²) in [5, 5.41) is 9.66. The van der Waals surface area contributed by atoms with Crippen LogP contribution < -0.4 is 21.5 Å². The third-order valence-corrected chi connectivity index (χ3v) is 5.86. The highest BCUT2D eigenvalue weighted by Gasteiger charge is 2.20. The Kier molecular flexibility index (Phi) is 6.19. The number of anilines is 1. The minimum absolute atomic E-state index is 0.0129. The molecule has 7 heteroatoms. The molecular weight excluding hydrogens is 402 g/mol. The molecule has 1 aromatic heterocycles. The normalized spacial score (nSPS) is 18.7. The van der Waals surface area contributed by atoms with Gasteiger partial charge in [0.25, 0.3) is 11.5 Å². The Morgan fingerprint density at radius 1 is 1.12 bits per heavy atom. The molecule has 1 atom stereocenters. The number of allylic oxidation sites excluding steroid dienone is 2. The number of carbonyl (C=O) groups excluding carboxylic acids is 1. The molecule has 3 heterocycles. The van der Waals surface area contributed by atoms with E-state index in [0.717, 1.165) is 43.1 Å². The van der Waals surface area contributed by atoms with Crippen LogP contribution in [0.3, 0.4) is 0 Å². The molecule has 1 amide bonds. The largest absolute Gasteiger partial charge is 0.361 e. The molecule has 168 valence electrons. The summed E-state index contributed by atoms with van der Waals surface area (Å²) in [5.41, 5.74) is 2.46. The molecule has 2 aliphatic rings. The fourth-order valence-electron chi connectivity index (χ4n) is 3.90. The van der Waals surface area contributed by atoms with E-state index in [1.807, 2.05) is 24.3 Å². The van der Waals surface area contributed by atoms with Crippen molar-refractivity contribution in [3.63, 3.8) is 0 Å². The minimum atomic E-state index is -0.328. The zero-order valence-electron chi connectivity index (χ0n) is 18.9. The predicted molar refractivity (Wildman–Crippen MR) is 128 cm³/mol. The number of aromatic nitrogens is 1. The van der Waals surface area contributed by atoms with Crippen LogP contribution in [0.5, 0.6) is 0 Å². The van der Waals surface area contributed by atoms with Crippen LogP contribution in [-0.2, 0) is 5.41 Å². The molecule has 32 heavy (non-hydrogen) atoms. The molecule has 2 aliphatic heterocycles. The van der Waals surface area contributed by atoms with Gasteiger partial charge in [-0.1, -0.05) is 45.1 Å². The van der Waals surface area contributed by atoms with Gasteiger partial charge in [-0.2, -0.15) is 0 Å². The van der Waals surface area contributed by atoms with Gasteiger partial charge in [0.1, 0.15) is 11.5 Å². The summed E-state index contributed by atoms with van der Waals surface area (Å²) in [5.74, 6) is 0.761. The number of hydrogen-bond acceptors (Lipinski definition) is 5. The fourth-order valence-corrected chi connectivity index (χ4v) is 3.90. The average Bonchev–Trinajstić information content (AvgIpc) is 2.80. The van der Waals surface area contributed by atoms with Crippen LogP contribution in [0, 0.1) is 0 Å². The SMILES string of the molecule is CC(C)(C)c1ccc(C(=O)Nc2cc(C3C=CC=C(N4CCNCC4)N3)c[nH]c2=O)cc1. The molecule has 0 spiro atoms. The first-order valence-corrected chi connectivity index (χ1v) is 11.1. The van der Waals surface area contributed by atoms with Gasteiger partial charge in [0.2, 0.25) is 0 Å². The number of piperazine rings is 1. The number of amides is 1. The van der Waals surface area contributed by atoms with E-state index in [1.165, 1.54) is 0 Å². The lowest BCUT2D eigenvalue weighted by Gasteiger charge is -2.35. The van der Waals surface area contributed by atoms with Crippen LogP contribution in [0.25, 0.3) is 0 Å². The second kappa shape index (κ2) is 9.04. The maximum absolute atomic E-state index is 12.8. The maximum atomic E-state index is 12.8. The van der Waals surface area contributed by atoms with E-state index < -0.39 is 0 Å². The van der Waals surface area contributed by atoms with E-state index in [2.05, 4.69) is 52.7 Å². The van der Waals surface area contributed by atoms with E-state index in [0.29, 0.717) is 5.56 Å². The number of nitrogens with one attached hydrogen (secondary N) is 4. The number of carbonyl (C=O) groups is 1. The Balaban J connectivity index is 1.48. The van der Waals surface area contributed by atoms with E-state index in [-0.39, 0.29) is 28.6 Å². The molecule has 0 saturated carbocycles. The van der Waals surface area contributed by atoms with Crippen LogP contribution >= 0.6 is 0 Å². The van der Waals surface area contributed by atoms with Crippen molar-refractivity contribution in [3.8, 4) is 0 Å². The predicted octanol–water partition coefficient (Wildman–Crippen LogP) is 2.87. The molecular formula is C25H31N5O2. The lowest BCUT2D eigenvalue weighted by atomic mass is 9.87. The molecule has 0 aliphatic carbocycles. The van der Waals surface area contributed by atoms with Crippen molar-refractivity contribution in [2.75, 3.05) is 31.5 Å². The molecule has 4 rings (SSSR count). The first kappa shape index (κ1) is 21.9. The van der Waals surface area contributed by atoms with Gasteiger partial charge in [-0.25, -0.2) is 0 Å². The fraction of sp³-hybridized carbons (Fsp3) is 0.360. The third kappa shape index (κ3) is 4.94. The monoisotopic (exact) mass is 433 g/mol. The summed E-state index contributed by atoms with van der Waals surface area (Å²) in [7, 11) is 0. The van der Waals surface area contributed by atoms with Crippen LogP contribution in [0.1, 0.15) is 48.3 Å². The van der Waals surface area contributed by atoms with E-state index in [1.54, 1.807) is 24.4 Å². The molecule has 4 N–H and O–H groups in total. The molecule has 0 bridgehead atoms. The van der Waals surface area contributed by atoms with Gasteiger partial charge in [-0.3, -0.25) is 9.59 Å². The number of rotatable bonds is 4. The quantitative estimate of drug-likeness (QED) is 0.596. The zero-order chi connectivity index (χ0) is 22.7. The third-order valence-electron chi connectivity index (χ3n) is 5.86. The van der Waals surface area contributed by atoms with Gasteiger partial charge in [0.05, 0.1) is 6.04 Å². The number of hydrogen-bond donors (Lipinski definition) is 4. The van der Waals surface area contributed by atoms with Crippen LogP contribution in [-0.4, -0.2) is 42.0 Å². The van der Waals surface area contributed by atoms with Crippen LogP contribution in [0.2, 0.25) is 0 Å². The first-order valence-electron chi connectivity index (χ1n) is 11.1. The van der Waals surface area contributed by atoms with E-state index in [4.69, 9.17) is 0 Å². The second-order valence-corrected chi connectivity index (χ2v) is 9.25. The van der Waals surface area contributed by atoms with Crippen molar-refractivity contribution in [1.82, 2.24) is 20.5 Å². The number of H-pyrrole nitrogens is 1. The van der Waals surface area contributed by atoms with Crippen molar-refractivity contribution < 1.29 is 4.79 Å². The summed E-state index contributed by atoms with van der Waals surface area (Å²) >= 11 is 0. The first-order chi connectivity index (χ1) is 15.3. The number of dihydropyridines is 1. The van der Waals surface area contributed by atoms with Gasteiger partial charge in [-0.15, -0.1) is 0 Å². The van der Waals surface area contributed by atoms with E-state index >= 15 is 0 Å². The Morgan fingerprint density at radius 2 is 1.84 bits per heavy atom. The molecule has 1 fully saturated rings. The highest BCUT2D eigenvalue weighted by molar-refractivity contribution is 6.04. The number of nitrogens with zero attached hydrogens (tertiary/aromatic N) is 1. The van der Waals surface area contributed by atoms with Crippen LogP contribution in [0.15, 0.2) is 65.4 Å². The highest BCUT2D eigenvalue weighted by atomic mass is 16.2. The molecule has 2 aromatic rings. The van der Waals surface area contributed by atoms with Crippen molar-refractivity contribution in [2.24, 2.45) is 0 Å². The Hall–Kier alpha value is -3.32. The lowest BCUT2D eigenvalue weighted by molar-refractivity contribution is 0.102. The smallest absolute Gasteiger partial charge is 0.271 e. The molecule has 0 radical (unpaired) electrons. The Morgan fingerprint density at radius 3 is 2.53 bits per heavy atom. The second-order valence-electron chi connectivity index (χ2n) is 9.25. The zero-order valence-corrected chi connectivity index (χ0v) is 18.9. The standard InChI is InChI=1S/C25H31N5O2/c1-25(2,3)19-9-7-17(8-10-19)23(31)29-21-15-18(16-27-24(21)32)20-5-4-6-22(28-20)30-13-11-26-12-14-30/h4-10,15-16,20,26,28H,11-14H2,1-3H3,(H,27,32)(H,29,31). The van der Waals surface area contributed by atoms with Gasteiger partial charge in [-0.05, 0) is 40.8 Å². The Labute approximate surface area is 188 Å². The number of pyridine rings is 1. The van der Waals surface area contributed by atoms with Crippen LogP contribution in [0.4, 0.5) is 5.69 Å². The lowest BCUT2D eigenvalue weighted by Crippen LogP contribution is -2.46. The number of aromatic amines is 1. The summed E-state index contributed by atoms with van der Waals surface area (Å²) < 4.78 is 0. The summed E-state index contributed by atoms with van der Waals surface area (Å²) in [6, 6.07) is 9.15. The summed E-state index contributed by atoms with van der Waals surface area (Å²) in [6.07, 6.45) is 7.82. The molecule has 1 aromatic carbocycles. The number of benzene rings is 1. The van der Waals surface area contributed by atoms with E-state index in [9.17, 15) is 9.59 Å².